The first-order chi connectivity index (χ1) is 5.61. The van der Waals surface area contributed by atoms with Crippen LogP contribution in [0, 0.1) is 0 Å². The van der Waals surface area contributed by atoms with Gasteiger partial charge in [0.25, 0.3) is 0 Å². The number of carbonyl (C=O) groups excluding carboxylic acids is 2. The smallest absolute Gasteiger partial charge is 0.0715 e. The van der Waals surface area contributed by atoms with Crippen molar-refractivity contribution in [3.63, 3.8) is 0 Å². The second-order valence-electron chi connectivity index (χ2n) is 2.15. The minimum absolute atomic E-state index is 0. The summed E-state index contributed by atoms with van der Waals surface area (Å²) in [6.07, 6.45) is 0. The second kappa shape index (κ2) is 4.47. The normalized spacial score (nSPS) is 8.62. The lowest BCUT2D eigenvalue weighted by Crippen LogP contribution is -3.00. The number of carbonyl (C=O) groups is 2. The van der Waals surface area contributed by atoms with Gasteiger partial charge in [-0.15, -0.1) is 0 Å². The van der Waals surface area contributed by atoms with E-state index in [1.54, 1.807) is 0 Å². The van der Waals surface area contributed by atoms with E-state index in [-0.39, 0.29) is 23.5 Å². The number of carboxylic acids is 2. The fourth-order valence-corrected chi connectivity index (χ4v) is 0.742. The van der Waals surface area contributed by atoms with Crippen molar-refractivity contribution in [3.8, 4) is 0 Å². The van der Waals surface area contributed by atoms with Crippen LogP contribution < -0.4 is 22.6 Å². The Morgan fingerprint density at radius 3 is 1.23 bits per heavy atom. The number of carboxylic acid groups (broad SMARTS) is 2. The Hall–Kier alpha value is -1.55. The molecule has 0 heterocycles. The van der Waals surface area contributed by atoms with E-state index in [2.05, 4.69) is 0 Å². The molecule has 0 aliphatic carbocycles. The summed E-state index contributed by atoms with van der Waals surface area (Å²) >= 11 is 0. The van der Waals surface area contributed by atoms with Crippen molar-refractivity contribution in [2.24, 2.45) is 0 Å². The highest BCUT2D eigenvalue weighted by Gasteiger charge is 1.94. The Kier molecular flexibility index (Phi) is 3.94. The van der Waals surface area contributed by atoms with Crippen LogP contribution in [-0.2, 0) is 0 Å². The first-order valence-electron chi connectivity index (χ1n) is 3.14. The molecule has 0 saturated carbocycles. The van der Waals surface area contributed by atoms with Gasteiger partial charge in [-0.1, -0.05) is 24.3 Å². The zero-order valence-electron chi connectivity index (χ0n) is 6.32. The number of rotatable bonds is 2. The van der Waals surface area contributed by atoms with Crippen molar-refractivity contribution >= 4 is 11.9 Å². The van der Waals surface area contributed by atoms with Crippen molar-refractivity contribution in [2.45, 2.75) is 0 Å². The minimum Gasteiger partial charge on any atom is -1.00 e. The Morgan fingerprint density at radius 1 is 0.846 bits per heavy atom. The molecule has 1 aromatic carbocycles. The molecule has 13 heavy (non-hydrogen) atoms. The first kappa shape index (κ1) is 11.4. The third-order valence-electron chi connectivity index (χ3n) is 1.36. The molecule has 0 fully saturated rings. The van der Waals surface area contributed by atoms with Crippen LogP contribution in [-0.4, -0.2) is 11.9 Å². The van der Waals surface area contributed by atoms with Crippen LogP contribution in [0.4, 0.5) is 0 Å². The molecule has 1 rings (SSSR count). The Bertz CT molecular complexity index is 284. The van der Waals surface area contributed by atoms with Crippen LogP contribution in [0.15, 0.2) is 24.3 Å². The predicted octanol–water partition coefficient (Wildman–Crippen LogP) is -4.58. The molecule has 5 heteroatoms. The maximum absolute atomic E-state index is 10.2. The highest BCUT2D eigenvalue weighted by atomic mass is 35.5. The maximum Gasteiger partial charge on any atom is 0.0715 e. The van der Waals surface area contributed by atoms with Crippen LogP contribution in [0.25, 0.3) is 0 Å². The molecule has 0 bridgehead atoms. The fourth-order valence-electron chi connectivity index (χ4n) is 0.742. The minimum atomic E-state index is -1.33. The lowest BCUT2D eigenvalue weighted by Gasteiger charge is -2.04. The summed E-state index contributed by atoms with van der Waals surface area (Å²) in [4.78, 5) is 20.4. The summed E-state index contributed by atoms with van der Waals surface area (Å²) in [6.45, 7) is 0. The van der Waals surface area contributed by atoms with Gasteiger partial charge in [0.15, 0.2) is 0 Å². The zero-order chi connectivity index (χ0) is 9.14. The van der Waals surface area contributed by atoms with Gasteiger partial charge >= 0.3 is 0 Å². The molecular weight excluding hydrogens is 196 g/mol. The van der Waals surface area contributed by atoms with Crippen molar-refractivity contribution in [2.75, 3.05) is 0 Å². The van der Waals surface area contributed by atoms with E-state index in [1.165, 1.54) is 0 Å². The SMILES string of the molecule is O=C([O-])c1ccc(C(=O)[O-])cc1.[Cl-]. The molecular formula is C8H4ClO4-3. The summed E-state index contributed by atoms with van der Waals surface area (Å²) in [5.74, 6) is -2.67. The molecule has 0 aliphatic rings. The Labute approximate surface area is 80.2 Å². The molecule has 0 unspecified atom stereocenters. The van der Waals surface area contributed by atoms with E-state index < -0.39 is 11.9 Å². The second-order valence-corrected chi connectivity index (χ2v) is 2.15. The summed E-state index contributed by atoms with van der Waals surface area (Å²) < 4.78 is 0. The molecule has 4 nitrogen and oxygen atoms in total. The summed E-state index contributed by atoms with van der Waals surface area (Å²) in [5, 5.41) is 20.4. The van der Waals surface area contributed by atoms with Gasteiger partial charge in [0.1, 0.15) is 0 Å². The summed E-state index contributed by atoms with van der Waals surface area (Å²) in [7, 11) is 0. The van der Waals surface area contributed by atoms with Gasteiger partial charge in [-0.05, 0) is 11.1 Å². The maximum atomic E-state index is 10.2. The topological polar surface area (TPSA) is 80.3 Å². The van der Waals surface area contributed by atoms with E-state index in [9.17, 15) is 19.8 Å². The molecule has 0 spiro atoms. The molecule has 0 atom stereocenters. The number of hydrogen-bond donors (Lipinski definition) is 0. The van der Waals surface area contributed by atoms with E-state index in [0.717, 1.165) is 24.3 Å². The first-order valence-corrected chi connectivity index (χ1v) is 3.14. The van der Waals surface area contributed by atoms with Crippen LogP contribution in [0.1, 0.15) is 20.7 Å². The van der Waals surface area contributed by atoms with E-state index in [4.69, 9.17) is 0 Å². The van der Waals surface area contributed by atoms with E-state index in [0.29, 0.717) is 0 Å². The predicted molar refractivity (Wildman–Crippen MR) is 35.1 cm³/mol. The molecule has 1 aromatic rings. The Morgan fingerprint density at radius 2 is 1.08 bits per heavy atom. The summed E-state index contributed by atoms with van der Waals surface area (Å²) in [6, 6.07) is 4.61. The molecule has 0 radical (unpaired) electrons. The van der Waals surface area contributed by atoms with E-state index >= 15 is 0 Å². The number of aromatic carboxylic acids is 2. The van der Waals surface area contributed by atoms with Gasteiger partial charge in [-0.3, -0.25) is 0 Å². The van der Waals surface area contributed by atoms with Gasteiger partial charge in [-0.2, -0.15) is 0 Å². The third kappa shape index (κ3) is 2.76. The van der Waals surface area contributed by atoms with Crippen molar-refractivity contribution in [3.05, 3.63) is 35.4 Å². The highest BCUT2D eigenvalue weighted by molar-refractivity contribution is 5.89. The van der Waals surface area contributed by atoms with Gasteiger partial charge in [0.2, 0.25) is 0 Å². The standard InChI is InChI=1S/C8H6O4.ClH/c9-7(10)5-1-2-6(4-3-5)8(11)12;/h1-4H,(H,9,10)(H,11,12);1H/p-3. The quantitative estimate of drug-likeness (QED) is 0.480. The fraction of sp³-hybridized carbons (Fsp3) is 0. The average molecular weight is 200 g/mol. The van der Waals surface area contributed by atoms with Crippen molar-refractivity contribution < 1.29 is 32.2 Å². The molecule has 0 aromatic heterocycles. The average Bonchev–Trinajstić information content (AvgIpc) is 2.04. The number of benzene rings is 1. The zero-order valence-corrected chi connectivity index (χ0v) is 7.08. The molecule has 0 amide bonds. The lowest BCUT2D eigenvalue weighted by atomic mass is 10.1. The lowest BCUT2D eigenvalue weighted by molar-refractivity contribution is -0.256. The van der Waals surface area contributed by atoms with Gasteiger partial charge in [0.05, 0.1) is 11.9 Å². The highest BCUT2D eigenvalue weighted by Crippen LogP contribution is 2.01. The molecule has 0 N–H and O–H groups in total. The summed E-state index contributed by atoms with van der Waals surface area (Å²) in [5.41, 5.74) is -0.111. The number of halogens is 1. The largest absolute Gasteiger partial charge is 1.00 e. The van der Waals surface area contributed by atoms with E-state index in [1.807, 2.05) is 0 Å². The van der Waals surface area contributed by atoms with Crippen LogP contribution in [0.3, 0.4) is 0 Å². The molecule has 0 saturated heterocycles. The molecule has 0 aliphatic heterocycles. The monoisotopic (exact) mass is 199 g/mol. The third-order valence-corrected chi connectivity index (χ3v) is 1.36. The van der Waals surface area contributed by atoms with Crippen molar-refractivity contribution in [1.29, 1.82) is 0 Å². The van der Waals surface area contributed by atoms with Crippen LogP contribution in [0.2, 0.25) is 0 Å². The van der Waals surface area contributed by atoms with Gasteiger partial charge < -0.3 is 32.2 Å². The van der Waals surface area contributed by atoms with Gasteiger partial charge in [0, 0.05) is 0 Å². The molecule has 70 valence electrons. The van der Waals surface area contributed by atoms with Crippen LogP contribution in [0.5, 0.6) is 0 Å². The van der Waals surface area contributed by atoms with Gasteiger partial charge in [-0.25, -0.2) is 0 Å². The number of hydrogen-bond acceptors (Lipinski definition) is 4. The Balaban J connectivity index is 0.00000144. The van der Waals surface area contributed by atoms with Crippen molar-refractivity contribution in [1.82, 2.24) is 0 Å². The van der Waals surface area contributed by atoms with Crippen LogP contribution >= 0.6 is 0 Å².